The lowest BCUT2D eigenvalue weighted by atomic mass is 10.1. The Morgan fingerprint density at radius 3 is 2.32 bits per heavy atom. The standard InChI is InChI=1S/C24H23N3O4/c1-17-8-7-10-19(14-17)26-24(31)25-16-22(28)27(20-11-3-2-4-12-20)21-13-6-5-9-18(21)15-23(29)30/h2-14H,15-16H2,1H3,(H,29,30)(H2,25,26,31)/p-1. The Hall–Kier alpha value is -4.13. The minimum absolute atomic E-state index is 0.286. The zero-order valence-electron chi connectivity index (χ0n) is 17.0. The monoisotopic (exact) mass is 416 g/mol. The molecule has 0 aliphatic rings. The van der Waals surface area contributed by atoms with Crippen molar-refractivity contribution in [3.05, 3.63) is 90.0 Å². The average molecular weight is 416 g/mol. The van der Waals surface area contributed by atoms with Crippen molar-refractivity contribution in [1.29, 1.82) is 0 Å². The largest absolute Gasteiger partial charge is 0.550 e. The molecule has 158 valence electrons. The van der Waals surface area contributed by atoms with Gasteiger partial charge in [-0.3, -0.25) is 9.69 Å². The van der Waals surface area contributed by atoms with E-state index in [4.69, 9.17) is 0 Å². The maximum atomic E-state index is 13.1. The fourth-order valence-electron chi connectivity index (χ4n) is 3.16. The molecule has 3 aromatic carbocycles. The number of carbonyl (C=O) groups is 3. The van der Waals surface area contributed by atoms with Gasteiger partial charge < -0.3 is 20.5 Å². The van der Waals surface area contributed by atoms with Crippen LogP contribution in [0.1, 0.15) is 11.1 Å². The molecule has 7 heteroatoms. The predicted molar refractivity (Wildman–Crippen MR) is 117 cm³/mol. The van der Waals surface area contributed by atoms with E-state index in [9.17, 15) is 19.5 Å². The van der Waals surface area contributed by atoms with E-state index in [1.807, 2.05) is 31.2 Å². The molecular weight excluding hydrogens is 394 g/mol. The van der Waals surface area contributed by atoms with Gasteiger partial charge in [0, 0.05) is 23.8 Å². The lowest BCUT2D eigenvalue weighted by Gasteiger charge is -2.26. The molecule has 7 nitrogen and oxygen atoms in total. The molecule has 0 radical (unpaired) electrons. The SMILES string of the molecule is Cc1cccc(NC(=O)NCC(=O)N(c2ccccc2)c2ccccc2CC(=O)[O-])c1. The first-order valence-corrected chi connectivity index (χ1v) is 9.71. The van der Waals surface area contributed by atoms with Crippen molar-refractivity contribution in [1.82, 2.24) is 5.32 Å². The maximum absolute atomic E-state index is 13.1. The van der Waals surface area contributed by atoms with Gasteiger partial charge in [-0.25, -0.2) is 4.79 Å². The molecule has 0 fully saturated rings. The Morgan fingerprint density at radius 1 is 0.903 bits per heavy atom. The number of rotatable bonds is 7. The van der Waals surface area contributed by atoms with Gasteiger partial charge >= 0.3 is 6.03 Å². The molecule has 0 spiro atoms. The summed E-state index contributed by atoms with van der Waals surface area (Å²) in [5.41, 5.74) is 3.02. The van der Waals surface area contributed by atoms with Crippen LogP contribution in [0.5, 0.6) is 0 Å². The minimum atomic E-state index is -1.25. The summed E-state index contributed by atoms with van der Waals surface area (Å²) < 4.78 is 0. The second-order valence-electron chi connectivity index (χ2n) is 6.92. The number of hydrogen-bond acceptors (Lipinski definition) is 4. The first-order valence-electron chi connectivity index (χ1n) is 9.71. The molecule has 3 aromatic rings. The van der Waals surface area contributed by atoms with Crippen LogP contribution >= 0.6 is 0 Å². The number of carboxylic acid groups (broad SMARTS) is 1. The van der Waals surface area contributed by atoms with Gasteiger partial charge in [0.05, 0.1) is 12.2 Å². The van der Waals surface area contributed by atoms with Crippen molar-refractivity contribution in [2.45, 2.75) is 13.3 Å². The van der Waals surface area contributed by atoms with Crippen LogP contribution in [0.4, 0.5) is 21.9 Å². The topological polar surface area (TPSA) is 102 Å². The second-order valence-corrected chi connectivity index (χ2v) is 6.92. The van der Waals surface area contributed by atoms with Gasteiger partial charge in [0.2, 0.25) is 0 Å². The van der Waals surface area contributed by atoms with Gasteiger partial charge in [-0.1, -0.05) is 48.5 Å². The number of para-hydroxylation sites is 2. The first kappa shape index (κ1) is 21.6. The molecular formula is C24H22N3O4-. The molecule has 0 aromatic heterocycles. The van der Waals surface area contributed by atoms with Crippen LogP contribution in [0.25, 0.3) is 0 Å². The van der Waals surface area contributed by atoms with E-state index in [1.165, 1.54) is 4.90 Å². The Labute approximate surface area is 180 Å². The number of hydrogen-bond donors (Lipinski definition) is 2. The third-order valence-electron chi connectivity index (χ3n) is 4.51. The predicted octanol–water partition coefficient (Wildman–Crippen LogP) is 2.77. The summed E-state index contributed by atoms with van der Waals surface area (Å²) in [6, 6.07) is 22.3. The van der Waals surface area contributed by atoms with Crippen LogP contribution in [0.15, 0.2) is 78.9 Å². The van der Waals surface area contributed by atoms with Gasteiger partial charge in [-0.15, -0.1) is 0 Å². The molecule has 0 heterocycles. The number of amides is 3. The minimum Gasteiger partial charge on any atom is -0.550 e. The van der Waals surface area contributed by atoms with Crippen LogP contribution in [0.3, 0.4) is 0 Å². The van der Waals surface area contributed by atoms with Crippen LogP contribution in [0.2, 0.25) is 0 Å². The molecule has 0 saturated carbocycles. The number of aryl methyl sites for hydroxylation is 1. The van der Waals surface area contributed by atoms with Crippen LogP contribution < -0.4 is 20.6 Å². The van der Waals surface area contributed by atoms with Crippen molar-refractivity contribution in [3.63, 3.8) is 0 Å². The highest BCUT2D eigenvalue weighted by Crippen LogP contribution is 2.29. The number of benzene rings is 3. The first-order chi connectivity index (χ1) is 14.9. The Kier molecular flexibility index (Phi) is 7.01. The van der Waals surface area contributed by atoms with Crippen LogP contribution in [-0.4, -0.2) is 24.5 Å². The smallest absolute Gasteiger partial charge is 0.319 e. The fourth-order valence-corrected chi connectivity index (χ4v) is 3.16. The summed E-state index contributed by atoms with van der Waals surface area (Å²) in [6.45, 7) is 1.63. The molecule has 0 atom stereocenters. The highest BCUT2D eigenvalue weighted by atomic mass is 16.4. The summed E-state index contributed by atoms with van der Waals surface area (Å²) in [5.74, 6) is -1.67. The Balaban J connectivity index is 1.80. The van der Waals surface area contributed by atoms with E-state index in [-0.39, 0.29) is 13.0 Å². The van der Waals surface area contributed by atoms with E-state index in [0.717, 1.165) is 5.56 Å². The number of urea groups is 1. The number of aliphatic carboxylic acids is 1. The van der Waals surface area contributed by atoms with Gasteiger partial charge in [0.25, 0.3) is 5.91 Å². The highest BCUT2D eigenvalue weighted by molar-refractivity contribution is 6.04. The number of nitrogens with one attached hydrogen (secondary N) is 2. The normalized spacial score (nSPS) is 10.2. The summed E-state index contributed by atoms with van der Waals surface area (Å²) in [6.07, 6.45) is -0.339. The molecule has 2 N–H and O–H groups in total. The average Bonchev–Trinajstić information content (AvgIpc) is 2.74. The van der Waals surface area contributed by atoms with Crippen molar-refractivity contribution in [3.8, 4) is 0 Å². The van der Waals surface area contributed by atoms with Crippen LogP contribution in [0, 0.1) is 6.92 Å². The summed E-state index contributed by atoms with van der Waals surface area (Å²) in [5, 5.41) is 16.4. The number of carboxylic acids is 1. The van der Waals surface area contributed by atoms with Crippen molar-refractivity contribution in [2.75, 3.05) is 16.8 Å². The van der Waals surface area contributed by atoms with E-state index in [1.54, 1.807) is 54.6 Å². The maximum Gasteiger partial charge on any atom is 0.319 e. The fraction of sp³-hybridized carbons (Fsp3) is 0.125. The summed E-state index contributed by atoms with van der Waals surface area (Å²) >= 11 is 0. The lowest BCUT2D eigenvalue weighted by molar-refractivity contribution is -0.304. The molecule has 0 unspecified atom stereocenters. The van der Waals surface area contributed by atoms with E-state index in [2.05, 4.69) is 10.6 Å². The third-order valence-corrected chi connectivity index (χ3v) is 4.51. The van der Waals surface area contributed by atoms with Gasteiger partial charge in [-0.05, 0) is 48.4 Å². The van der Waals surface area contributed by atoms with Crippen molar-refractivity contribution < 1.29 is 19.5 Å². The van der Waals surface area contributed by atoms with Crippen LogP contribution in [-0.2, 0) is 16.0 Å². The zero-order valence-corrected chi connectivity index (χ0v) is 17.0. The Morgan fingerprint density at radius 2 is 1.61 bits per heavy atom. The number of anilines is 3. The molecule has 0 bridgehead atoms. The van der Waals surface area contributed by atoms with Crippen molar-refractivity contribution in [2.24, 2.45) is 0 Å². The number of nitrogens with zero attached hydrogens (tertiary/aromatic N) is 1. The van der Waals surface area contributed by atoms with Gasteiger partial charge in [0.15, 0.2) is 0 Å². The van der Waals surface area contributed by atoms with Gasteiger partial charge in [0.1, 0.15) is 0 Å². The van der Waals surface area contributed by atoms with E-state index in [0.29, 0.717) is 22.6 Å². The Bertz CT molecular complexity index is 1080. The quantitative estimate of drug-likeness (QED) is 0.618. The lowest BCUT2D eigenvalue weighted by Crippen LogP contribution is -2.40. The molecule has 3 rings (SSSR count). The second kappa shape index (κ2) is 10.1. The van der Waals surface area contributed by atoms with E-state index < -0.39 is 17.9 Å². The van der Waals surface area contributed by atoms with E-state index >= 15 is 0 Å². The summed E-state index contributed by atoms with van der Waals surface area (Å²) in [7, 11) is 0. The van der Waals surface area contributed by atoms with Crippen molar-refractivity contribution >= 4 is 35.0 Å². The van der Waals surface area contributed by atoms with Gasteiger partial charge in [-0.2, -0.15) is 0 Å². The molecule has 0 aliphatic carbocycles. The summed E-state index contributed by atoms with van der Waals surface area (Å²) in [4.78, 5) is 37.9. The molecule has 31 heavy (non-hydrogen) atoms. The molecule has 0 saturated heterocycles. The zero-order chi connectivity index (χ0) is 22.2. The third kappa shape index (κ3) is 5.93. The molecule has 3 amide bonds. The highest BCUT2D eigenvalue weighted by Gasteiger charge is 2.21. The molecule has 0 aliphatic heterocycles. The number of carbonyl (C=O) groups excluding carboxylic acids is 3.